The van der Waals surface area contributed by atoms with Gasteiger partial charge < -0.3 is 10.4 Å². The highest BCUT2D eigenvalue weighted by Gasteiger charge is 2.31. The maximum atomic E-state index is 12.1. The molecule has 1 amide bonds. The van der Waals surface area contributed by atoms with E-state index in [9.17, 15) is 9.59 Å². The second kappa shape index (κ2) is 6.03. The molecule has 1 rings (SSSR count). The van der Waals surface area contributed by atoms with Gasteiger partial charge in [0.2, 0.25) is 5.91 Å². The molecule has 4 nitrogen and oxygen atoms in total. The molecule has 1 aliphatic carbocycles. The molecule has 0 saturated heterocycles. The van der Waals surface area contributed by atoms with E-state index in [2.05, 4.69) is 12.2 Å². The number of hydrogen-bond acceptors (Lipinski definition) is 2. The summed E-state index contributed by atoms with van der Waals surface area (Å²) in [6, 6.07) is -0.767. The second-order valence-electron chi connectivity index (χ2n) is 5.44. The first-order chi connectivity index (χ1) is 7.93. The highest BCUT2D eigenvalue weighted by atomic mass is 16.4. The zero-order chi connectivity index (χ0) is 13.0. The van der Waals surface area contributed by atoms with Gasteiger partial charge in [-0.15, -0.1) is 0 Å². The molecule has 4 heteroatoms. The Morgan fingerprint density at radius 2 is 1.82 bits per heavy atom. The molecule has 2 N–H and O–H groups in total. The molecule has 17 heavy (non-hydrogen) atoms. The summed E-state index contributed by atoms with van der Waals surface area (Å²) in [4.78, 5) is 23.1. The highest BCUT2D eigenvalue weighted by molar-refractivity contribution is 5.85. The molecule has 0 bridgehead atoms. The van der Waals surface area contributed by atoms with Crippen molar-refractivity contribution < 1.29 is 14.7 Å². The van der Waals surface area contributed by atoms with Crippen molar-refractivity contribution in [2.24, 2.45) is 17.8 Å². The standard InChI is InChI=1S/C13H23NO3/c1-8(2)11(13(16)17)14-12(15)10-7-5-4-6-9(10)3/h8-11H,4-7H2,1-3H3,(H,14,15)(H,16,17)/t9-,10+,11-/m0/s1. The van der Waals surface area contributed by atoms with Crippen LogP contribution in [0.5, 0.6) is 0 Å². The molecule has 0 heterocycles. The Bertz CT molecular complexity index is 288. The normalized spacial score (nSPS) is 26.6. The summed E-state index contributed by atoms with van der Waals surface area (Å²) < 4.78 is 0. The van der Waals surface area contributed by atoms with E-state index in [4.69, 9.17) is 5.11 Å². The quantitative estimate of drug-likeness (QED) is 0.791. The highest BCUT2D eigenvalue weighted by Crippen LogP contribution is 2.29. The van der Waals surface area contributed by atoms with Crippen molar-refractivity contribution in [2.75, 3.05) is 0 Å². The molecule has 0 spiro atoms. The first kappa shape index (κ1) is 14.0. The van der Waals surface area contributed by atoms with Crippen molar-refractivity contribution in [1.29, 1.82) is 0 Å². The predicted molar refractivity (Wildman–Crippen MR) is 65.5 cm³/mol. The largest absolute Gasteiger partial charge is 0.480 e. The lowest BCUT2D eigenvalue weighted by molar-refractivity contribution is -0.144. The first-order valence-electron chi connectivity index (χ1n) is 6.46. The van der Waals surface area contributed by atoms with Crippen molar-refractivity contribution in [2.45, 2.75) is 52.5 Å². The topological polar surface area (TPSA) is 66.4 Å². The molecule has 0 radical (unpaired) electrons. The average molecular weight is 241 g/mol. The number of amides is 1. The van der Waals surface area contributed by atoms with E-state index in [1.807, 2.05) is 13.8 Å². The van der Waals surface area contributed by atoms with Crippen molar-refractivity contribution in [3.05, 3.63) is 0 Å². The summed E-state index contributed by atoms with van der Waals surface area (Å²) in [5.41, 5.74) is 0. The van der Waals surface area contributed by atoms with Crippen LogP contribution in [0.25, 0.3) is 0 Å². The van der Waals surface area contributed by atoms with Gasteiger partial charge in [-0.2, -0.15) is 0 Å². The lowest BCUT2D eigenvalue weighted by Gasteiger charge is -2.29. The molecular weight excluding hydrogens is 218 g/mol. The number of carboxylic acid groups (broad SMARTS) is 1. The summed E-state index contributed by atoms with van der Waals surface area (Å²) in [6.07, 6.45) is 4.20. The van der Waals surface area contributed by atoms with Gasteiger partial charge in [-0.3, -0.25) is 4.79 Å². The zero-order valence-corrected chi connectivity index (χ0v) is 10.9. The molecule has 0 unspecified atom stereocenters. The summed E-state index contributed by atoms with van der Waals surface area (Å²) in [5.74, 6) is -0.764. The van der Waals surface area contributed by atoms with Crippen molar-refractivity contribution in [1.82, 2.24) is 5.32 Å². The van der Waals surface area contributed by atoms with Gasteiger partial charge in [0.1, 0.15) is 6.04 Å². The van der Waals surface area contributed by atoms with Gasteiger partial charge in [0.15, 0.2) is 0 Å². The molecule has 98 valence electrons. The van der Waals surface area contributed by atoms with E-state index in [0.29, 0.717) is 5.92 Å². The van der Waals surface area contributed by atoms with Crippen molar-refractivity contribution in [3.63, 3.8) is 0 Å². The van der Waals surface area contributed by atoms with Crippen LogP contribution in [0.2, 0.25) is 0 Å². The molecule has 1 fully saturated rings. The van der Waals surface area contributed by atoms with Crippen LogP contribution < -0.4 is 5.32 Å². The number of carbonyl (C=O) groups excluding carboxylic acids is 1. The Balaban J connectivity index is 2.60. The third kappa shape index (κ3) is 3.72. The van der Waals surface area contributed by atoms with Crippen LogP contribution in [0.4, 0.5) is 0 Å². The van der Waals surface area contributed by atoms with Crippen LogP contribution in [0, 0.1) is 17.8 Å². The smallest absolute Gasteiger partial charge is 0.326 e. The van der Waals surface area contributed by atoms with Gasteiger partial charge in [0, 0.05) is 5.92 Å². The van der Waals surface area contributed by atoms with Gasteiger partial charge in [-0.05, 0) is 24.7 Å². The molecule has 1 aliphatic rings. The number of rotatable bonds is 4. The monoisotopic (exact) mass is 241 g/mol. The van der Waals surface area contributed by atoms with E-state index >= 15 is 0 Å². The third-order valence-electron chi connectivity index (χ3n) is 3.68. The van der Waals surface area contributed by atoms with Crippen molar-refractivity contribution >= 4 is 11.9 Å². The summed E-state index contributed by atoms with van der Waals surface area (Å²) in [6.45, 7) is 5.70. The third-order valence-corrected chi connectivity index (χ3v) is 3.68. The Morgan fingerprint density at radius 3 is 2.29 bits per heavy atom. The van der Waals surface area contributed by atoms with Crippen LogP contribution in [0.15, 0.2) is 0 Å². The van der Waals surface area contributed by atoms with E-state index in [0.717, 1.165) is 19.3 Å². The molecular formula is C13H23NO3. The van der Waals surface area contributed by atoms with Gasteiger partial charge in [-0.25, -0.2) is 4.79 Å². The Hall–Kier alpha value is -1.06. The molecule has 0 aromatic carbocycles. The number of aliphatic carboxylic acids is 1. The molecule has 0 aromatic heterocycles. The minimum absolute atomic E-state index is 0.00986. The first-order valence-corrected chi connectivity index (χ1v) is 6.46. The fourth-order valence-electron chi connectivity index (χ4n) is 2.48. The van der Waals surface area contributed by atoms with E-state index < -0.39 is 12.0 Å². The van der Waals surface area contributed by atoms with E-state index in [1.165, 1.54) is 6.42 Å². The fraction of sp³-hybridized carbons (Fsp3) is 0.846. The minimum atomic E-state index is -0.947. The van der Waals surface area contributed by atoms with E-state index in [-0.39, 0.29) is 17.7 Å². The van der Waals surface area contributed by atoms with Crippen LogP contribution >= 0.6 is 0 Å². The minimum Gasteiger partial charge on any atom is -0.480 e. The SMILES string of the molecule is CC(C)[C@H](NC(=O)[C@@H]1CCCC[C@@H]1C)C(=O)O. The van der Waals surface area contributed by atoms with Crippen molar-refractivity contribution in [3.8, 4) is 0 Å². The summed E-state index contributed by atoms with van der Waals surface area (Å²) in [7, 11) is 0. The van der Waals surface area contributed by atoms with Crippen LogP contribution in [-0.4, -0.2) is 23.0 Å². The Labute approximate surface area is 103 Å². The predicted octanol–water partition coefficient (Wildman–Crippen LogP) is 2.04. The Kier molecular flexibility index (Phi) is 4.97. The number of carbonyl (C=O) groups is 2. The lowest BCUT2D eigenvalue weighted by Crippen LogP contribution is -2.48. The number of hydrogen-bond donors (Lipinski definition) is 2. The zero-order valence-electron chi connectivity index (χ0n) is 10.9. The van der Waals surface area contributed by atoms with Crippen LogP contribution in [0.3, 0.4) is 0 Å². The summed E-state index contributed by atoms with van der Waals surface area (Å²) in [5, 5.41) is 11.7. The molecule has 0 aromatic rings. The molecule has 1 saturated carbocycles. The average Bonchev–Trinajstić information content (AvgIpc) is 2.25. The lowest BCUT2D eigenvalue weighted by atomic mass is 9.79. The Morgan fingerprint density at radius 1 is 1.24 bits per heavy atom. The van der Waals surface area contributed by atoms with Gasteiger partial charge in [0.25, 0.3) is 0 Å². The second-order valence-corrected chi connectivity index (χ2v) is 5.44. The molecule has 0 aliphatic heterocycles. The van der Waals surface area contributed by atoms with Gasteiger partial charge >= 0.3 is 5.97 Å². The summed E-state index contributed by atoms with van der Waals surface area (Å²) >= 11 is 0. The van der Waals surface area contributed by atoms with Gasteiger partial charge in [0.05, 0.1) is 0 Å². The maximum Gasteiger partial charge on any atom is 0.326 e. The maximum absolute atomic E-state index is 12.1. The van der Waals surface area contributed by atoms with Crippen LogP contribution in [-0.2, 0) is 9.59 Å². The fourth-order valence-corrected chi connectivity index (χ4v) is 2.48. The van der Waals surface area contributed by atoms with E-state index in [1.54, 1.807) is 0 Å². The van der Waals surface area contributed by atoms with Gasteiger partial charge in [-0.1, -0.05) is 33.6 Å². The number of carboxylic acids is 1. The number of nitrogens with one attached hydrogen (secondary N) is 1. The molecule has 3 atom stereocenters. The van der Waals surface area contributed by atoms with Crippen LogP contribution in [0.1, 0.15) is 46.5 Å².